The zero-order valence-corrected chi connectivity index (χ0v) is 15.9. The van der Waals surface area contributed by atoms with Gasteiger partial charge in [-0.05, 0) is 54.3 Å². The Labute approximate surface area is 164 Å². The normalized spacial score (nSPS) is 11.7. The zero-order valence-electron chi connectivity index (χ0n) is 15.9. The van der Waals surface area contributed by atoms with Gasteiger partial charge in [-0.25, -0.2) is 4.79 Å². The van der Waals surface area contributed by atoms with E-state index in [0.29, 0.717) is 12.2 Å². The maximum atomic E-state index is 11.6. The molecule has 0 saturated heterocycles. The molecule has 0 bridgehead atoms. The number of carbonyl (C=O) groups excluding carboxylic acids is 1. The molecule has 0 aliphatic carbocycles. The number of aryl methyl sites for hydroxylation is 1. The van der Waals surface area contributed by atoms with Crippen molar-refractivity contribution in [2.45, 2.75) is 19.7 Å². The lowest BCUT2D eigenvalue weighted by atomic mass is 10.00. The zero-order chi connectivity index (χ0) is 20.4. The molecule has 2 rings (SSSR count). The van der Waals surface area contributed by atoms with E-state index in [0.717, 1.165) is 28.8 Å². The van der Waals surface area contributed by atoms with Crippen molar-refractivity contribution in [1.82, 2.24) is 10.6 Å². The van der Waals surface area contributed by atoms with E-state index in [1.54, 1.807) is 0 Å². The number of benzene rings is 2. The van der Waals surface area contributed by atoms with E-state index >= 15 is 0 Å². The number of anilines is 2. The maximum absolute atomic E-state index is 11.6. The summed E-state index contributed by atoms with van der Waals surface area (Å²) in [4.78, 5) is 11.6. The first-order valence-electron chi connectivity index (χ1n) is 9.15. The van der Waals surface area contributed by atoms with Crippen molar-refractivity contribution < 1.29 is 20.1 Å². The summed E-state index contributed by atoms with van der Waals surface area (Å²) in [5.74, 6) is 0. The van der Waals surface area contributed by atoms with Gasteiger partial charge < -0.3 is 31.3 Å². The number of aliphatic hydroxyl groups is 3. The highest BCUT2D eigenvalue weighted by molar-refractivity contribution is 5.89. The second-order valence-electron chi connectivity index (χ2n) is 6.34. The molecule has 0 spiro atoms. The summed E-state index contributed by atoms with van der Waals surface area (Å²) in [6, 6.07) is 13.1. The van der Waals surface area contributed by atoms with Gasteiger partial charge in [-0.15, -0.1) is 0 Å². The molecule has 1 atom stereocenters. The van der Waals surface area contributed by atoms with Crippen LogP contribution in [0, 0.1) is 6.92 Å². The highest BCUT2D eigenvalue weighted by Gasteiger charge is 2.06. The first-order chi connectivity index (χ1) is 13.5. The standard InChI is InChI=1S/C20H28N4O4/c1-14-12-18(24-20(28)22-9-11-26)7-4-16(14)13-15-2-5-17(6-3-15)23-19(27)21-8-10-25/h2-7,12,20,22,24-26,28H,8-11,13H2,1H3,(H2,21,23,27). The van der Waals surface area contributed by atoms with Crippen LogP contribution in [0.25, 0.3) is 0 Å². The molecule has 0 aliphatic rings. The molecule has 0 aromatic heterocycles. The molecule has 2 aromatic carbocycles. The van der Waals surface area contributed by atoms with Gasteiger partial charge in [-0.1, -0.05) is 18.2 Å². The number of hydrogen-bond acceptors (Lipinski definition) is 6. The number of carbonyl (C=O) groups is 1. The fourth-order valence-corrected chi connectivity index (χ4v) is 2.66. The summed E-state index contributed by atoms with van der Waals surface area (Å²) >= 11 is 0. The molecule has 152 valence electrons. The van der Waals surface area contributed by atoms with Gasteiger partial charge in [0.25, 0.3) is 0 Å². The molecule has 2 amide bonds. The minimum atomic E-state index is -0.924. The van der Waals surface area contributed by atoms with Gasteiger partial charge in [-0.3, -0.25) is 5.32 Å². The fourth-order valence-electron chi connectivity index (χ4n) is 2.66. The maximum Gasteiger partial charge on any atom is 0.319 e. The van der Waals surface area contributed by atoms with Crippen molar-refractivity contribution in [3.05, 3.63) is 59.2 Å². The lowest BCUT2D eigenvalue weighted by molar-refractivity contribution is 0.153. The second-order valence-corrected chi connectivity index (χ2v) is 6.34. The Kier molecular flexibility index (Phi) is 8.70. The van der Waals surface area contributed by atoms with Crippen LogP contribution >= 0.6 is 0 Å². The molecule has 0 radical (unpaired) electrons. The second kappa shape index (κ2) is 11.3. The van der Waals surface area contributed by atoms with E-state index in [1.807, 2.05) is 49.4 Å². The molecule has 7 N–H and O–H groups in total. The van der Waals surface area contributed by atoms with Crippen molar-refractivity contribution >= 4 is 17.4 Å². The fraction of sp³-hybridized carbons (Fsp3) is 0.350. The van der Waals surface area contributed by atoms with Crippen molar-refractivity contribution in [3.63, 3.8) is 0 Å². The van der Waals surface area contributed by atoms with Crippen LogP contribution in [0.4, 0.5) is 16.2 Å². The molecular weight excluding hydrogens is 360 g/mol. The summed E-state index contributed by atoms with van der Waals surface area (Å²) < 4.78 is 0. The molecule has 2 aromatic rings. The Balaban J connectivity index is 1.93. The van der Waals surface area contributed by atoms with E-state index in [4.69, 9.17) is 10.2 Å². The number of nitrogens with one attached hydrogen (secondary N) is 4. The summed E-state index contributed by atoms with van der Waals surface area (Å²) in [6.07, 6.45) is -0.180. The molecular formula is C20H28N4O4. The predicted octanol–water partition coefficient (Wildman–Crippen LogP) is 0.969. The highest BCUT2D eigenvalue weighted by Crippen LogP contribution is 2.20. The Bertz CT molecular complexity index is 752. The van der Waals surface area contributed by atoms with E-state index in [1.165, 1.54) is 0 Å². The first kappa shape index (κ1) is 21.6. The third kappa shape index (κ3) is 7.16. The van der Waals surface area contributed by atoms with Crippen LogP contribution in [-0.4, -0.2) is 54.0 Å². The van der Waals surface area contributed by atoms with Crippen molar-refractivity contribution in [2.24, 2.45) is 0 Å². The highest BCUT2D eigenvalue weighted by atomic mass is 16.3. The lowest BCUT2D eigenvalue weighted by Crippen LogP contribution is -2.37. The molecule has 0 fully saturated rings. The van der Waals surface area contributed by atoms with Crippen molar-refractivity contribution in [1.29, 1.82) is 0 Å². The van der Waals surface area contributed by atoms with Crippen LogP contribution in [0.15, 0.2) is 42.5 Å². The topological polar surface area (TPSA) is 126 Å². The summed E-state index contributed by atoms with van der Waals surface area (Å²) in [5.41, 5.74) is 4.82. The van der Waals surface area contributed by atoms with Crippen LogP contribution in [0.5, 0.6) is 0 Å². The van der Waals surface area contributed by atoms with Crippen molar-refractivity contribution in [2.75, 3.05) is 36.9 Å². The average molecular weight is 388 g/mol. The number of amides is 2. The number of urea groups is 1. The van der Waals surface area contributed by atoms with Gasteiger partial charge in [0.2, 0.25) is 0 Å². The molecule has 8 nitrogen and oxygen atoms in total. The van der Waals surface area contributed by atoms with Gasteiger partial charge in [-0.2, -0.15) is 0 Å². The third-order valence-electron chi connectivity index (χ3n) is 4.10. The van der Waals surface area contributed by atoms with Gasteiger partial charge in [0, 0.05) is 24.5 Å². The van der Waals surface area contributed by atoms with Crippen molar-refractivity contribution in [3.8, 4) is 0 Å². The quantitative estimate of drug-likeness (QED) is 0.304. The Morgan fingerprint density at radius 1 is 1.00 bits per heavy atom. The third-order valence-corrected chi connectivity index (χ3v) is 4.10. The number of aliphatic hydroxyl groups excluding tert-OH is 3. The van der Waals surface area contributed by atoms with Gasteiger partial charge in [0.1, 0.15) is 0 Å². The molecule has 0 saturated carbocycles. The van der Waals surface area contributed by atoms with E-state index in [-0.39, 0.29) is 25.8 Å². The first-order valence-corrected chi connectivity index (χ1v) is 9.15. The van der Waals surface area contributed by atoms with Gasteiger partial charge in [0.15, 0.2) is 6.35 Å². The van der Waals surface area contributed by atoms with Gasteiger partial charge >= 0.3 is 6.03 Å². The summed E-state index contributed by atoms with van der Waals surface area (Å²) in [5, 5.41) is 38.1. The molecule has 0 aliphatic heterocycles. The molecule has 28 heavy (non-hydrogen) atoms. The minimum absolute atomic E-state index is 0.0433. The number of hydrogen-bond donors (Lipinski definition) is 7. The Hall–Kier alpha value is -2.65. The summed E-state index contributed by atoms with van der Waals surface area (Å²) in [6.45, 7) is 2.38. The lowest BCUT2D eigenvalue weighted by Gasteiger charge is -2.16. The van der Waals surface area contributed by atoms with Crippen LogP contribution in [0.3, 0.4) is 0 Å². The molecule has 8 heteroatoms. The predicted molar refractivity (Wildman–Crippen MR) is 109 cm³/mol. The summed E-state index contributed by atoms with van der Waals surface area (Å²) in [7, 11) is 0. The smallest absolute Gasteiger partial charge is 0.319 e. The van der Waals surface area contributed by atoms with Gasteiger partial charge in [0.05, 0.1) is 13.2 Å². The van der Waals surface area contributed by atoms with Crippen LogP contribution < -0.4 is 21.3 Å². The largest absolute Gasteiger partial charge is 0.395 e. The van der Waals surface area contributed by atoms with E-state index in [9.17, 15) is 9.90 Å². The van der Waals surface area contributed by atoms with E-state index < -0.39 is 6.35 Å². The number of rotatable bonds is 10. The Morgan fingerprint density at radius 3 is 2.32 bits per heavy atom. The average Bonchev–Trinajstić information content (AvgIpc) is 2.68. The van der Waals surface area contributed by atoms with Crippen LogP contribution in [0.1, 0.15) is 16.7 Å². The monoisotopic (exact) mass is 388 g/mol. The SMILES string of the molecule is Cc1cc(NC(O)NCCO)ccc1Cc1ccc(NC(=O)NCCO)cc1. The van der Waals surface area contributed by atoms with Crippen LogP contribution in [0.2, 0.25) is 0 Å². The van der Waals surface area contributed by atoms with E-state index in [2.05, 4.69) is 21.3 Å². The van der Waals surface area contributed by atoms with Crippen LogP contribution in [-0.2, 0) is 6.42 Å². The minimum Gasteiger partial charge on any atom is -0.395 e. The Morgan fingerprint density at radius 2 is 1.68 bits per heavy atom. The molecule has 0 heterocycles. The molecule has 1 unspecified atom stereocenters.